The normalized spacial score (nSPS) is 21.9. The van der Waals surface area contributed by atoms with E-state index in [1.54, 1.807) is 0 Å². The summed E-state index contributed by atoms with van der Waals surface area (Å²) in [7, 11) is 0. The van der Waals surface area contributed by atoms with Crippen molar-refractivity contribution in [3.05, 3.63) is 34.2 Å². The topological polar surface area (TPSA) is 21.7 Å². The fourth-order valence-corrected chi connectivity index (χ4v) is 4.94. The molecule has 1 aromatic heterocycles. The van der Waals surface area contributed by atoms with Crippen molar-refractivity contribution in [2.75, 3.05) is 26.3 Å². The number of hydrogen-bond acceptors (Lipinski definition) is 4. The van der Waals surface area contributed by atoms with Gasteiger partial charge in [-0.25, -0.2) is 0 Å². The van der Waals surface area contributed by atoms with Crippen molar-refractivity contribution >= 4 is 33.0 Å². The van der Waals surface area contributed by atoms with Crippen LogP contribution in [0.4, 0.5) is 0 Å². The number of fused-ring (bicyclic) bond motifs is 1. The Morgan fingerprint density at radius 1 is 1.14 bits per heavy atom. The zero-order valence-corrected chi connectivity index (χ0v) is 14.0. The van der Waals surface area contributed by atoms with E-state index in [0.717, 1.165) is 50.7 Å². The van der Waals surface area contributed by atoms with Crippen LogP contribution in [-0.4, -0.2) is 37.5 Å². The molecule has 0 radical (unpaired) electrons. The second-order valence-corrected chi connectivity index (χ2v) is 7.57. The average molecular weight is 338 g/mol. The molecule has 4 rings (SSSR count). The predicted molar refractivity (Wildman–Crippen MR) is 90.5 cm³/mol. The summed E-state index contributed by atoms with van der Waals surface area (Å²) >= 11 is 8.37. The van der Waals surface area contributed by atoms with Crippen LogP contribution in [0, 0.1) is 5.92 Å². The van der Waals surface area contributed by atoms with Gasteiger partial charge >= 0.3 is 0 Å². The van der Waals surface area contributed by atoms with Gasteiger partial charge in [0.25, 0.3) is 0 Å². The van der Waals surface area contributed by atoms with E-state index in [9.17, 15) is 0 Å². The number of rotatable bonds is 3. The lowest BCUT2D eigenvalue weighted by Gasteiger charge is -2.33. The maximum absolute atomic E-state index is 6.55. The minimum atomic E-state index is 0.0371. The number of benzene rings is 1. The Bertz CT molecular complexity index is 645. The summed E-state index contributed by atoms with van der Waals surface area (Å²) in [6, 6.07) is 8.39. The third-order valence-electron chi connectivity index (χ3n) is 4.63. The first kappa shape index (κ1) is 14.9. The van der Waals surface area contributed by atoms with E-state index in [4.69, 9.17) is 21.1 Å². The Balaban J connectivity index is 1.40. The maximum Gasteiger partial charge on any atom is 0.160 e. The Morgan fingerprint density at radius 3 is 2.59 bits per heavy atom. The molecule has 0 saturated carbocycles. The maximum atomic E-state index is 6.55. The lowest BCUT2D eigenvalue weighted by Crippen LogP contribution is -2.37. The standard InChI is InChI=1S/C17H20ClNO2S/c18-16-13-3-1-2-4-14(13)22-15(16)11-19-7-5-12(6-8-19)17-20-9-10-21-17/h1-4,12,17H,5-11H2. The number of nitrogens with zero attached hydrogens (tertiary/aromatic N) is 1. The van der Waals surface area contributed by atoms with Crippen LogP contribution in [0.5, 0.6) is 0 Å². The first-order valence-electron chi connectivity index (χ1n) is 7.93. The van der Waals surface area contributed by atoms with Crippen LogP contribution in [0.15, 0.2) is 24.3 Å². The molecule has 2 aliphatic rings. The summed E-state index contributed by atoms with van der Waals surface area (Å²) < 4.78 is 12.6. The summed E-state index contributed by atoms with van der Waals surface area (Å²) in [4.78, 5) is 3.79. The highest BCUT2D eigenvalue weighted by molar-refractivity contribution is 7.19. The smallest absolute Gasteiger partial charge is 0.160 e. The van der Waals surface area contributed by atoms with Gasteiger partial charge in [-0.2, -0.15) is 0 Å². The number of ether oxygens (including phenoxy) is 2. The molecule has 1 aromatic carbocycles. The number of piperidine rings is 1. The van der Waals surface area contributed by atoms with Gasteiger partial charge in [0.15, 0.2) is 6.29 Å². The van der Waals surface area contributed by atoms with Crippen LogP contribution in [0.1, 0.15) is 17.7 Å². The lowest BCUT2D eigenvalue weighted by atomic mass is 9.96. The molecule has 118 valence electrons. The minimum absolute atomic E-state index is 0.0371. The van der Waals surface area contributed by atoms with Gasteiger partial charge < -0.3 is 9.47 Å². The molecular formula is C17H20ClNO2S. The molecule has 2 aliphatic heterocycles. The van der Waals surface area contributed by atoms with Crippen molar-refractivity contribution in [1.29, 1.82) is 0 Å². The molecule has 0 spiro atoms. The minimum Gasteiger partial charge on any atom is -0.350 e. The van der Waals surface area contributed by atoms with Crippen molar-refractivity contribution in [3.63, 3.8) is 0 Å². The Labute approximate surface area is 139 Å². The third-order valence-corrected chi connectivity index (χ3v) is 6.33. The van der Waals surface area contributed by atoms with Gasteiger partial charge in [-0.3, -0.25) is 4.90 Å². The fourth-order valence-electron chi connectivity index (χ4n) is 3.40. The fraction of sp³-hybridized carbons (Fsp3) is 0.529. The third kappa shape index (κ3) is 2.91. The SMILES string of the molecule is Clc1c(CN2CCC(C3OCCO3)CC2)sc2ccccc12. The van der Waals surface area contributed by atoms with Crippen LogP contribution < -0.4 is 0 Å². The van der Waals surface area contributed by atoms with E-state index < -0.39 is 0 Å². The van der Waals surface area contributed by atoms with Gasteiger partial charge in [0.05, 0.1) is 18.2 Å². The second-order valence-electron chi connectivity index (χ2n) is 6.06. The van der Waals surface area contributed by atoms with E-state index in [-0.39, 0.29) is 6.29 Å². The van der Waals surface area contributed by atoms with Gasteiger partial charge in [0, 0.05) is 27.4 Å². The van der Waals surface area contributed by atoms with Crippen molar-refractivity contribution in [2.45, 2.75) is 25.7 Å². The largest absolute Gasteiger partial charge is 0.350 e. The second kappa shape index (κ2) is 6.46. The van der Waals surface area contributed by atoms with Crippen molar-refractivity contribution in [1.82, 2.24) is 4.90 Å². The predicted octanol–water partition coefficient (Wildman–Crippen LogP) is 4.14. The zero-order chi connectivity index (χ0) is 14.9. The lowest BCUT2D eigenvalue weighted by molar-refractivity contribution is -0.0977. The van der Waals surface area contributed by atoms with Crippen molar-refractivity contribution < 1.29 is 9.47 Å². The number of thiophene rings is 1. The zero-order valence-electron chi connectivity index (χ0n) is 12.5. The van der Waals surface area contributed by atoms with E-state index in [1.807, 2.05) is 11.3 Å². The van der Waals surface area contributed by atoms with Gasteiger partial charge in [0.1, 0.15) is 0 Å². The molecular weight excluding hydrogens is 318 g/mol. The molecule has 2 fully saturated rings. The summed E-state index contributed by atoms with van der Waals surface area (Å²) in [5.41, 5.74) is 0. The highest BCUT2D eigenvalue weighted by atomic mass is 35.5. The van der Waals surface area contributed by atoms with Gasteiger partial charge in [-0.15, -0.1) is 11.3 Å². The van der Waals surface area contributed by atoms with Gasteiger partial charge in [-0.1, -0.05) is 29.8 Å². The molecule has 0 aliphatic carbocycles. The molecule has 3 nitrogen and oxygen atoms in total. The molecule has 5 heteroatoms. The van der Waals surface area contributed by atoms with E-state index in [1.165, 1.54) is 15.0 Å². The first-order valence-corrected chi connectivity index (χ1v) is 9.12. The number of hydrogen-bond donors (Lipinski definition) is 0. The molecule has 0 unspecified atom stereocenters. The van der Waals surface area contributed by atoms with Crippen molar-refractivity contribution in [3.8, 4) is 0 Å². The van der Waals surface area contributed by atoms with Crippen LogP contribution in [0.2, 0.25) is 5.02 Å². The molecule has 0 bridgehead atoms. The summed E-state index contributed by atoms with van der Waals surface area (Å²) in [5, 5.41) is 2.12. The Hall–Kier alpha value is -0.650. The van der Waals surface area contributed by atoms with Crippen LogP contribution in [-0.2, 0) is 16.0 Å². The molecule has 0 amide bonds. The molecule has 2 aromatic rings. The molecule has 0 atom stereocenters. The van der Waals surface area contributed by atoms with Gasteiger partial charge in [-0.05, 0) is 32.0 Å². The first-order chi connectivity index (χ1) is 10.8. The van der Waals surface area contributed by atoms with Crippen LogP contribution in [0.3, 0.4) is 0 Å². The Morgan fingerprint density at radius 2 is 1.86 bits per heavy atom. The number of likely N-dealkylation sites (tertiary alicyclic amines) is 1. The monoisotopic (exact) mass is 337 g/mol. The highest BCUT2D eigenvalue weighted by Gasteiger charge is 2.30. The van der Waals surface area contributed by atoms with Crippen LogP contribution >= 0.6 is 22.9 Å². The quantitative estimate of drug-likeness (QED) is 0.840. The number of halogens is 1. The average Bonchev–Trinajstić information content (AvgIpc) is 3.18. The Kier molecular flexibility index (Phi) is 4.38. The van der Waals surface area contributed by atoms with Crippen LogP contribution in [0.25, 0.3) is 10.1 Å². The molecule has 2 saturated heterocycles. The summed E-state index contributed by atoms with van der Waals surface area (Å²) in [6.07, 6.45) is 2.33. The molecule has 3 heterocycles. The van der Waals surface area contributed by atoms with Crippen molar-refractivity contribution in [2.24, 2.45) is 5.92 Å². The summed E-state index contributed by atoms with van der Waals surface area (Å²) in [6.45, 7) is 4.65. The van der Waals surface area contributed by atoms with E-state index >= 15 is 0 Å². The summed E-state index contributed by atoms with van der Waals surface area (Å²) in [5.74, 6) is 0.552. The van der Waals surface area contributed by atoms with Gasteiger partial charge in [0.2, 0.25) is 0 Å². The molecule has 22 heavy (non-hydrogen) atoms. The van der Waals surface area contributed by atoms with E-state index in [0.29, 0.717) is 5.92 Å². The highest BCUT2D eigenvalue weighted by Crippen LogP contribution is 2.36. The molecule has 0 N–H and O–H groups in total. The van der Waals surface area contributed by atoms with E-state index in [2.05, 4.69) is 29.2 Å².